The van der Waals surface area contributed by atoms with Crippen LogP contribution in [-0.4, -0.2) is 28.2 Å². The van der Waals surface area contributed by atoms with Gasteiger partial charge in [0.1, 0.15) is 5.69 Å². The molecule has 1 saturated carbocycles. The van der Waals surface area contributed by atoms with Gasteiger partial charge < -0.3 is 10.5 Å². The van der Waals surface area contributed by atoms with Crippen molar-refractivity contribution in [3.63, 3.8) is 0 Å². The Morgan fingerprint density at radius 1 is 1.59 bits per heavy atom. The van der Waals surface area contributed by atoms with Crippen molar-refractivity contribution >= 4 is 5.78 Å². The zero-order valence-electron chi connectivity index (χ0n) is 10.4. The molecule has 0 amide bonds. The van der Waals surface area contributed by atoms with Crippen LogP contribution in [0.15, 0.2) is 6.20 Å². The van der Waals surface area contributed by atoms with E-state index >= 15 is 0 Å². The Bertz CT molecular complexity index is 398. The second kappa shape index (κ2) is 4.49. The van der Waals surface area contributed by atoms with E-state index < -0.39 is 5.54 Å². The highest BCUT2D eigenvalue weighted by Crippen LogP contribution is 2.32. The van der Waals surface area contributed by atoms with Gasteiger partial charge in [-0.25, -0.2) is 0 Å². The first-order chi connectivity index (χ1) is 8.12. The molecule has 2 rings (SSSR count). The van der Waals surface area contributed by atoms with Crippen molar-refractivity contribution in [3.8, 4) is 5.75 Å². The monoisotopic (exact) mass is 237 g/mol. The number of hydrogen-bond acceptors (Lipinski definition) is 4. The van der Waals surface area contributed by atoms with Crippen LogP contribution in [0.2, 0.25) is 0 Å². The molecule has 0 spiro atoms. The summed E-state index contributed by atoms with van der Waals surface area (Å²) < 4.78 is 6.85. The normalized spacial score (nSPS) is 18.3. The number of methoxy groups -OCH3 is 1. The van der Waals surface area contributed by atoms with Gasteiger partial charge in [-0.05, 0) is 19.8 Å². The summed E-state index contributed by atoms with van der Waals surface area (Å²) in [6.07, 6.45) is 5.12. The maximum absolute atomic E-state index is 12.5. The third kappa shape index (κ3) is 1.95. The molecule has 0 bridgehead atoms. The number of carbonyl (C=O) groups is 1. The first-order valence-corrected chi connectivity index (χ1v) is 6.06. The number of rotatable bonds is 4. The Hall–Kier alpha value is -1.36. The van der Waals surface area contributed by atoms with E-state index in [2.05, 4.69) is 5.10 Å². The summed E-state index contributed by atoms with van der Waals surface area (Å²) in [6, 6.07) is 0. The van der Waals surface area contributed by atoms with Gasteiger partial charge in [-0.15, -0.1) is 0 Å². The molecule has 0 unspecified atom stereocenters. The number of Topliss-reactive ketones (excluding diaryl/α,β-unsaturated/α-hetero) is 1. The number of aryl methyl sites for hydroxylation is 1. The third-order valence-corrected chi connectivity index (χ3v) is 3.49. The number of hydrogen-bond donors (Lipinski definition) is 1. The molecule has 5 heteroatoms. The van der Waals surface area contributed by atoms with Gasteiger partial charge in [-0.2, -0.15) is 5.10 Å². The Morgan fingerprint density at radius 2 is 2.24 bits per heavy atom. The first kappa shape index (κ1) is 12.1. The van der Waals surface area contributed by atoms with Gasteiger partial charge >= 0.3 is 0 Å². The highest BCUT2D eigenvalue weighted by Gasteiger charge is 2.40. The summed E-state index contributed by atoms with van der Waals surface area (Å²) in [5.74, 6) is 0.486. The topological polar surface area (TPSA) is 70.1 Å². The van der Waals surface area contributed by atoms with Gasteiger partial charge in [0, 0.05) is 6.54 Å². The van der Waals surface area contributed by atoms with Crippen molar-refractivity contribution in [3.05, 3.63) is 11.9 Å². The molecule has 2 N–H and O–H groups in total. The standard InChI is InChI=1S/C12H19N3O2/c1-3-15-10(9(17-2)8-14-15)11(16)12(13)6-4-5-7-12/h8H,3-7,13H2,1-2H3. The van der Waals surface area contributed by atoms with E-state index in [-0.39, 0.29) is 5.78 Å². The first-order valence-electron chi connectivity index (χ1n) is 6.06. The van der Waals surface area contributed by atoms with Gasteiger partial charge in [0.25, 0.3) is 0 Å². The van der Waals surface area contributed by atoms with Crippen LogP contribution in [0, 0.1) is 0 Å². The lowest BCUT2D eigenvalue weighted by Crippen LogP contribution is -2.46. The second-order valence-electron chi connectivity index (χ2n) is 4.57. The molecule has 1 aliphatic rings. The average molecular weight is 237 g/mol. The van der Waals surface area contributed by atoms with Crippen LogP contribution in [-0.2, 0) is 6.54 Å². The van der Waals surface area contributed by atoms with E-state index in [4.69, 9.17) is 10.5 Å². The summed E-state index contributed by atoms with van der Waals surface area (Å²) >= 11 is 0. The smallest absolute Gasteiger partial charge is 0.204 e. The molecular formula is C12H19N3O2. The van der Waals surface area contributed by atoms with Crippen molar-refractivity contribution in [1.82, 2.24) is 9.78 Å². The zero-order chi connectivity index (χ0) is 12.5. The SMILES string of the molecule is CCn1ncc(OC)c1C(=O)C1(N)CCCC1. The van der Waals surface area contributed by atoms with Gasteiger partial charge in [0.15, 0.2) is 5.75 Å². The fraction of sp³-hybridized carbons (Fsp3) is 0.667. The molecule has 0 aliphatic heterocycles. The second-order valence-corrected chi connectivity index (χ2v) is 4.57. The van der Waals surface area contributed by atoms with Gasteiger partial charge in [-0.1, -0.05) is 12.8 Å². The lowest BCUT2D eigenvalue weighted by atomic mass is 9.91. The highest BCUT2D eigenvalue weighted by atomic mass is 16.5. The van der Waals surface area contributed by atoms with Crippen LogP contribution < -0.4 is 10.5 Å². The predicted octanol–water partition coefficient (Wildman–Crippen LogP) is 1.37. The van der Waals surface area contributed by atoms with Crippen LogP contribution in [0.25, 0.3) is 0 Å². The number of nitrogens with zero attached hydrogens (tertiary/aromatic N) is 2. The Kier molecular flexibility index (Phi) is 3.19. The van der Waals surface area contributed by atoms with Gasteiger partial charge in [-0.3, -0.25) is 9.48 Å². The third-order valence-electron chi connectivity index (χ3n) is 3.49. The Morgan fingerprint density at radius 3 is 2.76 bits per heavy atom. The van der Waals surface area contributed by atoms with Crippen LogP contribution in [0.3, 0.4) is 0 Å². The fourth-order valence-corrected chi connectivity index (χ4v) is 2.46. The van der Waals surface area contributed by atoms with Crippen LogP contribution in [0.5, 0.6) is 5.75 Å². The quantitative estimate of drug-likeness (QED) is 0.803. The van der Waals surface area contributed by atoms with E-state index in [0.717, 1.165) is 25.7 Å². The fourth-order valence-electron chi connectivity index (χ4n) is 2.46. The summed E-state index contributed by atoms with van der Waals surface area (Å²) in [6.45, 7) is 2.58. The summed E-state index contributed by atoms with van der Waals surface area (Å²) in [5.41, 5.74) is 5.99. The average Bonchev–Trinajstić information content (AvgIpc) is 2.94. The van der Waals surface area contributed by atoms with Crippen LogP contribution in [0.1, 0.15) is 43.1 Å². The summed E-state index contributed by atoms with van der Waals surface area (Å²) in [7, 11) is 1.55. The molecule has 1 aromatic heterocycles. The minimum atomic E-state index is -0.722. The van der Waals surface area contributed by atoms with E-state index in [9.17, 15) is 4.79 Å². The molecule has 1 aliphatic carbocycles. The molecule has 0 atom stereocenters. The number of ether oxygens (including phenoxy) is 1. The molecule has 94 valence electrons. The number of nitrogens with two attached hydrogens (primary N) is 1. The maximum atomic E-state index is 12.5. The van der Waals surface area contributed by atoms with Crippen molar-refractivity contribution in [1.29, 1.82) is 0 Å². The van der Waals surface area contributed by atoms with Crippen molar-refractivity contribution in [2.45, 2.75) is 44.7 Å². The Labute approximate surface area is 101 Å². The van der Waals surface area contributed by atoms with Crippen molar-refractivity contribution in [2.75, 3.05) is 7.11 Å². The number of aromatic nitrogens is 2. The van der Waals surface area contributed by atoms with E-state index in [1.807, 2.05) is 6.92 Å². The highest BCUT2D eigenvalue weighted by molar-refractivity contribution is 6.04. The summed E-state index contributed by atoms with van der Waals surface area (Å²) in [5, 5.41) is 4.14. The predicted molar refractivity (Wildman–Crippen MR) is 64.2 cm³/mol. The Balaban J connectivity index is 2.38. The zero-order valence-corrected chi connectivity index (χ0v) is 10.4. The molecule has 17 heavy (non-hydrogen) atoms. The molecule has 1 fully saturated rings. The molecule has 1 aromatic rings. The molecule has 0 aromatic carbocycles. The number of carbonyl (C=O) groups excluding carboxylic acids is 1. The van der Waals surface area contributed by atoms with Gasteiger partial charge in [0.2, 0.25) is 5.78 Å². The van der Waals surface area contributed by atoms with Crippen LogP contribution >= 0.6 is 0 Å². The molecule has 5 nitrogen and oxygen atoms in total. The molecule has 1 heterocycles. The van der Waals surface area contributed by atoms with E-state index in [0.29, 0.717) is 18.0 Å². The molecular weight excluding hydrogens is 218 g/mol. The molecule has 0 saturated heterocycles. The summed E-state index contributed by atoms with van der Waals surface area (Å²) in [4.78, 5) is 12.5. The largest absolute Gasteiger partial charge is 0.493 e. The van der Waals surface area contributed by atoms with Crippen molar-refractivity contribution in [2.24, 2.45) is 5.73 Å². The minimum absolute atomic E-state index is 0.0359. The lowest BCUT2D eigenvalue weighted by molar-refractivity contribution is 0.0877. The van der Waals surface area contributed by atoms with E-state index in [1.165, 1.54) is 0 Å². The van der Waals surface area contributed by atoms with Crippen molar-refractivity contribution < 1.29 is 9.53 Å². The minimum Gasteiger partial charge on any atom is -0.493 e. The van der Waals surface area contributed by atoms with Crippen LogP contribution in [0.4, 0.5) is 0 Å². The molecule has 0 radical (unpaired) electrons. The maximum Gasteiger partial charge on any atom is 0.204 e. The number of ketones is 1. The van der Waals surface area contributed by atoms with E-state index in [1.54, 1.807) is 18.0 Å². The lowest BCUT2D eigenvalue weighted by Gasteiger charge is -2.22. The van der Waals surface area contributed by atoms with Gasteiger partial charge in [0.05, 0.1) is 18.8 Å².